The van der Waals surface area contributed by atoms with Crippen LogP contribution in [0.1, 0.15) is 11.1 Å². The van der Waals surface area contributed by atoms with E-state index in [1.807, 2.05) is 18.2 Å². The van der Waals surface area contributed by atoms with Crippen molar-refractivity contribution in [2.75, 3.05) is 25.5 Å². The Hall–Kier alpha value is -3.02. The third kappa shape index (κ3) is 4.82. The van der Waals surface area contributed by atoms with Gasteiger partial charge in [0.2, 0.25) is 5.95 Å². The third-order valence-electron chi connectivity index (χ3n) is 4.58. The number of aromatic nitrogens is 2. The highest BCUT2D eigenvalue weighted by molar-refractivity contribution is 5.62. The zero-order chi connectivity index (χ0) is 19.2. The highest BCUT2D eigenvalue weighted by atomic mass is 16.5. The maximum absolute atomic E-state index is 5.79. The maximum Gasteiger partial charge on any atom is 0.227 e. The Bertz CT molecular complexity index is 970. The molecule has 0 saturated heterocycles. The summed E-state index contributed by atoms with van der Waals surface area (Å²) in [7, 11) is 2.11. The van der Waals surface area contributed by atoms with Crippen molar-refractivity contribution in [3.8, 4) is 11.3 Å². The van der Waals surface area contributed by atoms with Gasteiger partial charge in [0.25, 0.3) is 0 Å². The molecular formula is C23H24N4O. The van der Waals surface area contributed by atoms with E-state index in [2.05, 4.69) is 70.8 Å². The Morgan fingerprint density at radius 3 is 2.86 bits per heavy atom. The Morgan fingerprint density at radius 2 is 1.89 bits per heavy atom. The van der Waals surface area contributed by atoms with Crippen molar-refractivity contribution in [3.63, 3.8) is 0 Å². The van der Waals surface area contributed by atoms with E-state index >= 15 is 0 Å². The number of rotatable bonds is 0. The summed E-state index contributed by atoms with van der Waals surface area (Å²) < 4.78 is 5.79. The van der Waals surface area contributed by atoms with Gasteiger partial charge in [0.1, 0.15) is 0 Å². The fourth-order valence-electron chi connectivity index (χ4n) is 3.22. The second-order valence-corrected chi connectivity index (χ2v) is 6.97. The van der Waals surface area contributed by atoms with Gasteiger partial charge in [-0.2, -0.15) is 0 Å². The average Bonchev–Trinajstić information content (AvgIpc) is 2.71. The predicted molar refractivity (Wildman–Crippen MR) is 112 cm³/mol. The van der Waals surface area contributed by atoms with Crippen molar-refractivity contribution >= 4 is 11.6 Å². The van der Waals surface area contributed by atoms with Gasteiger partial charge in [0.05, 0.1) is 18.9 Å². The summed E-state index contributed by atoms with van der Waals surface area (Å²) in [6, 6.07) is 18.6. The number of hydrogen-bond donors (Lipinski definition) is 1. The van der Waals surface area contributed by atoms with E-state index in [4.69, 9.17) is 9.72 Å². The molecule has 1 N–H and O–H groups in total. The number of fused-ring (bicyclic) bond motifs is 7. The molecular weight excluding hydrogens is 348 g/mol. The molecule has 6 bridgehead atoms. The van der Waals surface area contributed by atoms with Crippen LogP contribution in [0.3, 0.4) is 0 Å². The quantitative estimate of drug-likeness (QED) is 0.593. The number of nitrogens with zero attached hydrogens (tertiary/aromatic N) is 3. The van der Waals surface area contributed by atoms with Crippen molar-refractivity contribution in [2.24, 2.45) is 0 Å². The van der Waals surface area contributed by atoms with Crippen LogP contribution in [0.4, 0.5) is 11.6 Å². The first-order valence-corrected chi connectivity index (χ1v) is 9.46. The molecule has 1 aliphatic rings. The second-order valence-electron chi connectivity index (χ2n) is 6.97. The molecule has 0 aliphatic carbocycles. The average molecular weight is 372 g/mol. The SMILES string of the molecule is CN1C/C=C/COCc2cccc(c2)-c2ccnc(n2)Nc2cccc(c2)C1. The van der Waals surface area contributed by atoms with Crippen LogP contribution in [0.15, 0.2) is 72.9 Å². The van der Waals surface area contributed by atoms with E-state index in [0.29, 0.717) is 19.2 Å². The Balaban J connectivity index is 1.67. The summed E-state index contributed by atoms with van der Waals surface area (Å²) >= 11 is 0. The van der Waals surface area contributed by atoms with Crippen LogP contribution >= 0.6 is 0 Å². The normalized spacial score (nSPS) is 16.5. The lowest BCUT2D eigenvalue weighted by molar-refractivity contribution is 0.148. The summed E-state index contributed by atoms with van der Waals surface area (Å²) in [4.78, 5) is 11.3. The molecule has 0 fully saturated rings. The zero-order valence-corrected chi connectivity index (χ0v) is 16.0. The molecule has 1 aliphatic heterocycles. The first-order valence-electron chi connectivity index (χ1n) is 9.46. The molecule has 0 amide bonds. The number of ether oxygens (including phenoxy) is 1. The van der Waals surface area contributed by atoms with E-state index in [0.717, 1.165) is 35.6 Å². The Kier molecular flexibility index (Phi) is 5.75. The number of hydrogen-bond acceptors (Lipinski definition) is 5. The van der Waals surface area contributed by atoms with Crippen molar-refractivity contribution in [2.45, 2.75) is 13.2 Å². The molecule has 28 heavy (non-hydrogen) atoms. The van der Waals surface area contributed by atoms with Crippen molar-refractivity contribution in [3.05, 3.63) is 84.1 Å². The zero-order valence-electron chi connectivity index (χ0n) is 16.0. The maximum atomic E-state index is 5.79. The summed E-state index contributed by atoms with van der Waals surface area (Å²) in [5, 5.41) is 3.33. The Labute approximate surface area is 165 Å². The molecule has 0 spiro atoms. The summed E-state index contributed by atoms with van der Waals surface area (Å²) in [6.07, 6.45) is 6.02. The molecule has 0 unspecified atom stereocenters. The fourth-order valence-corrected chi connectivity index (χ4v) is 3.22. The van der Waals surface area contributed by atoms with Gasteiger partial charge in [-0.3, -0.25) is 4.90 Å². The van der Waals surface area contributed by atoms with Crippen LogP contribution < -0.4 is 5.32 Å². The third-order valence-corrected chi connectivity index (χ3v) is 4.58. The molecule has 5 nitrogen and oxygen atoms in total. The van der Waals surface area contributed by atoms with Gasteiger partial charge < -0.3 is 10.1 Å². The van der Waals surface area contributed by atoms with Gasteiger partial charge in [-0.05, 0) is 42.4 Å². The van der Waals surface area contributed by atoms with Crippen molar-refractivity contribution in [1.82, 2.24) is 14.9 Å². The number of anilines is 2. The lowest BCUT2D eigenvalue weighted by Gasteiger charge is -2.15. The fraction of sp³-hybridized carbons (Fsp3) is 0.217. The number of nitrogens with one attached hydrogen (secondary N) is 1. The molecule has 4 rings (SSSR count). The van der Waals surface area contributed by atoms with E-state index in [1.165, 1.54) is 5.56 Å². The van der Waals surface area contributed by atoms with Crippen LogP contribution in [0.5, 0.6) is 0 Å². The van der Waals surface area contributed by atoms with E-state index in [-0.39, 0.29) is 0 Å². The Morgan fingerprint density at radius 1 is 1.00 bits per heavy atom. The van der Waals surface area contributed by atoms with E-state index in [9.17, 15) is 0 Å². The van der Waals surface area contributed by atoms with Crippen LogP contribution in [-0.4, -0.2) is 35.1 Å². The molecule has 2 heterocycles. The molecule has 2 aromatic carbocycles. The highest BCUT2D eigenvalue weighted by Crippen LogP contribution is 2.22. The minimum atomic E-state index is 0.578. The van der Waals surface area contributed by atoms with Crippen molar-refractivity contribution in [1.29, 1.82) is 0 Å². The molecule has 0 atom stereocenters. The monoisotopic (exact) mass is 372 g/mol. The molecule has 5 heteroatoms. The van der Waals surface area contributed by atoms with Crippen molar-refractivity contribution < 1.29 is 4.74 Å². The summed E-state index contributed by atoms with van der Waals surface area (Å²) in [6.45, 7) is 2.93. The minimum Gasteiger partial charge on any atom is -0.373 e. The van der Waals surface area contributed by atoms with Crippen LogP contribution in [-0.2, 0) is 17.9 Å². The van der Waals surface area contributed by atoms with Crippen LogP contribution in [0.25, 0.3) is 11.3 Å². The smallest absolute Gasteiger partial charge is 0.227 e. The van der Waals surface area contributed by atoms with Crippen LogP contribution in [0.2, 0.25) is 0 Å². The number of benzene rings is 2. The highest BCUT2D eigenvalue weighted by Gasteiger charge is 2.06. The molecule has 142 valence electrons. The van der Waals surface area contributed by atoms with Gasteiger partial charge in [-0.25, -0.2) is 9.97 Å². The van der Waals surface area contributed by atoms with E-state index < -0.39 is 0 Å². The molecule has 1 aromatic heterocycles. The van der Waals surface area contributed by atoms with Crippen LogP contribution in [0, 0.1) is 0 Å². The standard InChI is InChI=1S/C23H24N4O/c1-27-12-2-3-13-28-17-19-7-4-8-20(14-19)22-10-11-24-23(26-22)25-21-9-5-6-18(15-21)16-27/h2-11,14-15H,12-13,16-17H2,1H3,(H,24,25,26)/b3-2+. The topological polar surface area (TPSA) is 50.3 Å². The van der Waals surface area contributed by atoms with Gasteiger partial charge in [-0.1, -0.05) is 42.5 Å². The predicted octanol–water partition coefficient (Wildman–Crippen LogP) is 4.41. The lowest BCUT2D eigenvalue weighted by atomic mass is 10.1. The first kappa shape index (κ1) is 18.3. The molecule has 3 aromatic rings. The van der Waals surface area contributed by atoms with Gasteiger partial charge >= 0.3 is 0 Å². The summed E-state index contributed by atoms with van der Waals surface area (Å²) in [5.41, 5.74) is 5.30. The van der Waals surface area contributed by atoms with Gasteiger partial charge in [-0.15, -0.1) is 0 Å². The lowest BCUT2D eigenvalue weighted by Crippen LogP contribution is -2.17. The number of likely N-dealkylation sites (N-methyl/N-ethyl adjacent to an activating group) is 1. The largest absolute Gasteiger partial charge is 0.373 e. The second kappa shape index (κ2) is 8.78. The summed E-state index contributed by atoms with van der Waals surface area (Å²) in [5.74, 6) is 0.591. The molecule has 0 saturated carbocycles. The molecule has 0 radical (unpaired) electrons. The first-order chi connectivity index (χ1) is 13.8. The minimum absolute atomic E-state index is 0.578. The van der Waals surface area contributed by atoms with Gasteiger partial charge in [0, 0.05) is 30.5 Å². The van der Waals surface area contributed by atoms with Gasteiger partial charge in [0.15, 0.2) is 0 Å². The van der Waals surface area contributed by atoms with E-state index in [1.54, 1.807) is 6.20 Å².